The van der Waals surface area contributed by atoms with E-state index in [1.807, 2.05) is 6.20 Å². The topological polar surface area (TPSA) is 94.1 Å². The Bertz CT molecular complexity index is 1020. The highest BCUT2D eigenvalue weighted by Gasteiger charge is 2.27. The molecule has 0 unspecified atom stereocenters. The molecule has 1 atom stereocenters. The van der Waals surface area contributed by atoms with Gasteiger partial charge in [0.1, 0.15) is 10.7 Å². The van der Waals surface area contributed by atoms with Crippen molar-refractivity contribution < 1.29 is 12.9 Å². The van der Waals surface area contributed by atoms with Crippen molar-refractivity contribution in [3.8, 4) is 0 Å². The van der Waals surface area contributed by atoms with Gasteiger partial charge in [0.25, 0.3) is 5.71 Å². The average Bonchev–Trinajstić information content (AvgIpc) is 3.21. The first-order chi connectivity index (χ1) is 11.9. The second kappa shape index (κ2) is 5.92. The molecule has 9 heteroatoms. The van der Waals surface area contributed by atoms with Crippen molar-refractivity contribution in [2.75, 3.05) is 13.6 Å². The van der Waals surface area contributed by atoms with Crippen molar-refractivity contribution in [1.29, 1.82) is 0 Å². The van der Waals surface area contributed by atoms with Gasteiger partial charge in [0, 0.05) is 39.0 Å². The van der Waals surface area contributed by atoms with E-state index in [1.54, 1.807) is 26.2 Å². The van der Waals surface area contributed by atoms with Crippen molar-refractivity contribution in [3.63, 3.8) is 0 Å². The van der Waals surface area contributed by atoms with E-state index in [0.717, 1.165) is 25.2 Å². The molecule has 4 rings (SSSR count). The Hall–Kier alpha value is -2.26. The minimum absolute atomic E-state index is 0.160. The van der Waals surface area contributed by atoms with Crippen molar-refractivity contribution in [1.82, 2.24) is 24.0 Å². The maximum absolute atomic E-state index is 12.9. The van der Waals surface area contributed by atoms with Gasteiger partial charge in [-0.15, -0.1) is 0 Å². The van der Waals surface area contributed by atoms with Crippen molar-refractivity contribution in [2.45, 2.75) is 31.2 Å². The fraction of sp³-hybridized carbons (Fsp3) is 0.438. The molecule has 1 aliphatic heterocycles. The van der Waals surface area contributed by atoms with Gasteiger partial charge in [-0.05, 0) is 25.3 Å². The molecule has 0 amide bonds. The second-order valence-electron chi connectivity index (χ2n) is 6.48. The van der Waals surface area contributed by atoms with Gasteiger partial charge < -0.3 is 9.09 Å². The molecule has 0 fully saturated rings. The summed E-state index contributed by atoms with van der Waals surface area (Å²) in [5.74, 6) is 1.33. The third-order valence-corrected chi connectivity index (χ3v) is 6.53. The zero-order valence-corrected chi connectivity index (χ0v) is 14.9. The van der Waals surface area contributed by atoms with Crippen LogP contribution in [-0.2, 0) is 23.0 Å². The number of aryl methyl sites for hydroxylation is 2. The van der Waals surface area contributed by atoms with E-state index in [9.17, 15) is 8.42 Å². The summed E-state index contributed by atoms with van der Waals surface area (Å²) in [6.07, 6.45) is 6.87. The van der Waals surface area contributed by atoms with Crippen molar-refractivity contribution in [2.24, 2.45) is 5.92 Å². The SMILES string of the molecule is Cc1noc2ncc(S(=O)(=O)N(C)C[C@@H]3CCc4nccn4C3)cc12. The largest absolute Gasteiger partial charge is 0.336 e. The number of sulfonamides is 1. The van der Waals surface area contributed by atoms with Gasteiger partial charge >= 0.3 is 0 Å². The fourth-order valence-electron chi connectivity index (χ4n) is 3.29. The molecule has 132 valence electrons. The molecule has 0 bridgehead atoms. The van der Waals surface area contributed by atoms with Crippen LogP contribution in [0, 0.1) is 12.8 Å². The third-order valence-electron chi connectivity index (χ3n) is 4.74. The third kappa shape index (κ3) is 2.83. The molecule has 0 aliphatic carbocycles. The van der Waals surface area contributed by atoms with Crippen LogP contribution in [0.4, 0.5) is 0 Å². The van der Waals surface area contributed by atoms with Gasteiger partial charge in [0.15, 0.2) is 0 Å². The standard InChI is InChI=1S/C16H19N5O3S/c1-11-14-7-13(8-18-16(14)24-19-11)25(22,23)20(2)9-12-3-4-15-17-5-6-21(15)10-12/h5-8,12H,3-4,9-10H2,1-2H3/t12-/m0/s1. The molecule has 0 saturated heterocycles. The van der Waals surface area contributed by atoms with Crippen LogP contribution in [0.3, 0.4) is 0 Å². The quantitative estimate of drug-likeness (QED) is 0.701. The van der Waals surface area contributed by atoms with Crippen molar-refractivity contribution >= 4 is 21.1 Å². The first-order valence-corrected chi connectivity index (χ1v) is 9.57. The molecule has 3 aromatic heterocycles. The Balaban J connectivity index is 1.55. The van der Waals surface area contributed by atoms with E-state index in [2.05, 4.69) is 19.7 Å². The summed E-state index contributed by atoms with van der Waals surface area (Å²) < 4.78 is 34.3. The number of pyridine rings is 1. The average molecular weight is 361 g/mol. The predicted octanol–water partition coefficient (Wildman–Crippen LogP) is 1.61. The van der Waals surface area contributed by atoms with Crippen LogP contribution < -0.4 is 0 Å². The Labute approximate surface area is 145 Å². The van der Waals surface area contributed by atoms with Crippen LogP contribution in [0.1, 0.15) is 17.9 Å². The molecule has 0 radical (unpaired) electrons. The Kier molecular flexibility index (Phi) is 3.84. The number of fused-ring (bicyclic) bond motifs is 2. The van der Waals surface area contributed by atoms with Gasteiger partial charge in [-0.2, -0.15) is 0 Å². The highest BCUT2D eigenvalue weighted by molar-refractivity contribution is 7.89. The van der Waals surface area contributed by atoms with Gasteiger partial charge in [0.2, 0.25) is 10.0 Å². The summed E-state index contributed by atoms with van der Waals surface area (Å²) in [6, 6.07) is 1.58. The van der Waals surface area contributed by atoms with Crippen LogP contribution in [0.2, 0.25) is 0 Å². The van der Waals surface area contributed by atoms with Crippen LogP contribution in [-0.4, -0.2) is 46.0 Å². The molecule has 0 saturated carbocycles. The van der Waals surface area contributed by atoms with Gasteiger partial charge in [0.05, 0.1) is 17.3 Å². The fourth-order valence-corrected chi connectivity index (χ4v) is 4.51. The number of rotatable bonds is 4. The van der Waals surface area contributed by atoms with Crippen LogP contribution >= 0.6 is 0 Å². The molecule has 3 aromatic rings. The molecule has 8 nitrogen and oxygen atoms in total. The molecular formula is C16H19N5O3S. The summed E-state index contributed by atoms with van der Waals surface area (Å²) in [4.78, 5) is 8.54. The summed E-state index contributed by atoms with van der Waals surface area (Å²) in [5.41, 5.74) is 0.973. The number of aromatic nitrogens is 4. The molecule has 25 heavy (non-hydrogen) atoms. The maximum Gasteiger partial charge on any atom is 0.257 e. The molecule has 0 spiro atoms. The molecular weight excluding hydrogens is 342 g/mol. The normalized spacial score (nSPS) is 18.0. The van der Waals surface area contributed by atoms with Crippen LogP contribution in [0.25, 0.3) is 11.1 Å². The van der Waals surface area contributed by atoms with Crippen LogP contribution in [0.5, 0.6) is 0 Å². The Morgan fingerprint density at radius 2 is 2.24 bits per heavy atom. The number of nitrogens with zero attached hydrogens (tertiary/aromatic N) is 5. The van der Waals surface area contributed by atoms with Gasteiger partial charge in [-0.3, -0.25) is 0 Å². The molecule has 4 heterocycles. The molecule has 0 N–H and O–H groups in total. The number of hydrogen-bond acceptors (Lipinski definition) is 6. The lowest BCUT2D eigenvalue weighted by atomic mass is 10.00. The lowest BCUT2D eigenvalue weighted by molar-refractivity contribution is 0.303. The highest BCUT2D eigenvalue weighted by atomic mass is 32.2. The van der Waals surface area contributed by atoms with Crippen LogP contribution in [0.15, 0.2) is 34.1 Å². The maximum atomic E-state index is 12.9. The number of imidazole rings is 1. The summed E-state index contributed by atoms with van der Waals surface area (Å²) in [7, 11) is -2.00. The number of hydrogen-bond donors (Lipinski definition) is 0. The predicted molar refractivity (Wildman–Crippen MR) is 90.4 cm³/mol. The van der Waals surface area contributed by atoms with E-state index in [0.29, 0.717) is 23.3 Å². The zero-order chi connectivity index (χ0) is 17.6. The van der Waals surface area contributed by atoms with Crippen molar-refractivity contribution in [3.05, 3.63) is 36.2 Å². The monoisotopic (exact) mass is 361 g/mol. The lowest BCUT2D eigenvalue weighted by Gasteiger charge is -2.27. The zero-order valence-electron chi connectivity index (χ0n) is 14.1. The van der Waals surface area contributed by atoms with E-state index in [4.69, 9.17) is 4.52 Å². The Morgan fingerprint density at radius 1 is 1.40 bits per heavy atom. The minimum atomic E-state index is -3.61. The van der Waals surface area contributed by atoms with E-state index in [1.165, 1.54) is 10.5 Å². The highest BCUT2D eigenvalue weighted by Crippen LogP contribution is 2.24. The molecule has 1 aliphatic rings. The van der Waals surface area contributed by atoms with E-state index < -0.39 is 10.0 Å². The van der Waals surface area contributed by atoms with E-state index in [-0.39, 0.29) is 10.8 Å². The van der Waals surface area contributed by atoms with Gasteiger partial charge in [-0.1, -0.05) is 5.16 Å². The minimum Gasteiger partial charge on any atom is -0.336 e. The van der Waals surface area contributed by atoms with Gasteiger partial charge in [-0.25, -0.2) is 22.7 Å². The first-order valence-electron chi connectivity index (χ1n) is 8.13. The smallest absolute Gasteiger partial charge is 0.257 e. The molecule has 0 aromatic carbocycles. The Morgan fingerprint density at radius 3 is 3.08 bits per heavy atom. The van der Waals surface area contributed by atoms with E-state index >= 15 is 0 Å². The second-order valence-corrected chi connectivity index (χ2v) is 8.52. The summed E-state index contributed by atoms with van der Waals surface area (Å²) in [5, 5.41) is 4.44. The first kappa shape index (κ1) is 16.2. The summed E-state index contributed by atoms with van der Waals surface area (Å²) in [6.45, 7) is 3.01. The lowest BCUT2D eigenvalue weighted by Crippen LogP contribution is -2.35. The summed E-state index contributed by atoms with van der Waals surface area (Å²) >= 11 is 0.